The molecule has 1 aliphatic carbocycles. The number of rotatable bonds is 5. The molecule has 0 radical (unpaired) electrons. The van der Waals surface area contributed by atoms with E-state index in [1.54, 1.807) is 0 Å². The molecule has 18 heteroatoms. The molecule has 6 rings (SSSR count). The Kier molecular flexibility index (Phi) is 7.60. The molecule has 47 heavy (non-hydrogen) atoms. The third-order valence-electron chi connectivity index (χ3n) is 7.23. The molecule has 0 aromatic heterocycles. The van der Waals surface area contributed by atoms with Gasteiger partial charge in [0, 0.05) is 5.46 Å². The summed E-state index contributed by atoms with van der Waals surface area (Å²) in [6.07, 6.45) is -2.73. The van der Waals surface area contributed by atoms with E-state index in [-0.39, 0.29) is 0 Å². The van der Waals surface area contributed by atoms with Gasteiger partial charge in [-0.05, 0) is 23.1 Å². The molecule has 0 amide bonds. The summed E-state index contributed by atoms with van der Waals surface area (Å²) >= 11 is 0. The number of hydrogen-bond donors (Lipinski definition) is 0. The molecule has 0 saturated carbocycles. The predicted octanol–water partition coefficient (Wildman–Crippen LogP) is 8.95. The van der Waals surface area contributed by atoms with Gasteiger partial charge < -0.3 is 9.31 Å². The molecule has 0 saturated heterocycles. The van der Waals surface area contributed by atoms with E-state index in [1.165, 1.54) is 0 Å². The van der Waals surface area contributed by atoms with E-state index >= 15 is 13.2 Å². The van der Waals surface area contributed by atoms with Crippen LogP contribution in [0, 0.1) is 75.6 Å². The van der Waals surface area contributed by atoms with E-state index in [2.05, 4.69) is 0 Å². The first kappa shape index (κ1) is 32.1. The van der Waals surface area contributed by atoms with Crippen LogP contribution in [0.3, 0.4) is 0 Å². The normalized spacial score (nSPS) is 14.5. The predicted molar refractivity (Wildman–Crippen MR) is 133 cm³/mol. The molecule has 0 N–H and O–H groups in total. The van der Waals surface area contributed by atoms with Crippen LogP contribution in [0.2, 0.25) is 0 Å². The van der Waals surface area contributed by atoms with Crippen LogP contribution < -0.4 is 10.1 Å². The van der Waals surface area contributed by atoms with Crippen LogP contribution >= 0.6 is 0 Å². The summed E-state index contributed by atoms with van der Waals surface area (Å²) in [6, 6.07) is 2.69. The lowest BCUT2D eigenvalue weighted by molar-refractivity contribution is 0.187. The van der Waals surface area contributed by atoms with Gasteiger partial charge >= 0.3 is 7.12 Å². The van der Waals surface area contributed by atoms with Gasteiger partial charge in [-0.3, -0.25) is 0 Å². The molecule has 0 fully saturated rings. The standard InChI is InChI=1S/C29H6BF15O2/c31-8-3-1-2-6-10(8)16(34)22(40)21(39)14(6)30(46-28-7-4-5-9(32)15(33)11(7)17(35)26(28)44)47-29-13-12(19(37)25(43)27(29)45)18(36)23(41)24(42)20(13)38/h1-5,28H. The zero-order valence-corrected chi connectivity index (χ0v) is 22.0. The second-order valence-corrected chi connectivity index (χ2v) is 9.75. The maximum Gasteiger partial charge on any atom is 0.567 e. The van der Waals surface area contributed by atoms with Gasteiger partial charge in [-0.15, -0.1) is 0 Å². The molecule has 5 aromatic carbocycles. The monoisotopic (exact) mass is 682 g/mol. The van der Waals surface area contributed by atoms with E-state index in [0.29, 0.717) is 24.3 Å². The molecular formula is C29H6BF15O2. The van der Waals surface area contributed by atoms with Crippen molar-refractivity contribution in [2.24, 2.45) is 0 Å². The number of halogens is 15. The molecule has 1 aliphatic rings. The molecule has 0 bridgehead atoms. The Morgan fingerprint density at radius 2 is 1.04 bits per heavy atom. The van der Waals surface area contributed by atoms with E-state index in [0.717, 1.165) is 6.07 Å². The smallest absolute Gasteiger partial charge is 0.530 e. The lowest BCUT2D eigenvalue weighted by atomic mass is 9.74. The molecule has 0 spiro atoms. The van der Waals surface area contributed by atoms with Gasteiger partial charge in [0.15, 0.2) is 81.4 Å². The minimum absolute atomic E-state index is 0.313. The molecule has 1 unspecified atom stereocenters. The van der Waals surface area contributed by atoms with Crippen molar-refractivity contribution in [3.8, 4) is 5.75 Å². The number of fused-ring (bicyclic) bond motifs is 3. The Morgan fingerprint density at radius 1 is 0.489 bits per heavy atom. The molecule has 0 heterocycles. The van der Waals surface area contributed by atoms with Gasteiger partial charge in [-0.25, -0.2) is 61.5 Å². The van der Waals surface area contributed by atoms with Gasteiger partial charge in [0.2, 0.25) is 5.82 Å². The van der Waals surface area contributed by atoms with Crippen LogP contribution in [0.1, 0.15) is 17.2 Å². The minimum atomic E-state index is -3.24. The van der Waals surface area contributed by atoms with Crippen molar-refractivity contribution in [1.29, 1.82) is 0 Å². The van der Waals surface area contributed by atoms with Crippen LogP contribution in [0.4, 0.5) is 65.9 Å². The quantitative estimate of drug-likeness (QED) is 0.0798. The van der Waals surface area contributed by atoms with Gasteiger partial charge in [0.05, 0.1) is 21.7 Å². The second kappa shape index (κ2) is 11.1. The highest BCUT2D eigenvalue weighted by atomic mass is 19.2. The summed E-state index contributed by atoms with van der Waals surface area (Å²) < 4.78 is 230. The Morgan fingerprint density at radius 3 is 1.68 bits per heavy atom. The maximum atomic E-state index is 15.5. The molecule has 2 nitrogen and oxygen atoms in total. The average molecular weight is 682 g/mol. The van der Waals surface area contributed by atoms with Crippen molar-refractivity contribution < 1.29 is 75.2 Å². The van der Waals surface area contributed by atoms with E-state index < -0.39 is 144 Å². The zero-order valence-electron chi connectivity index (χ0n) is 22.0. The third-order valence-corrected chi connectivity index (χ3v) is 7.23. The highest BCUT2D eigenvalue weighted by Gasteiger charge is 2.44. The summed E-state index contributed by atoms with van der Waals surface area (Å²) in [5.41, 5.74) is -4.02. The summed E-state index contributed by atoms with van der Waals surface area (Å²) in [7, 11) is -3.24. The summed E-state index contributed by atoms with van der Waals surface area (Å²) in [5.74, 6) is -37.9. The van der Waals surface area contributed by atoms with Crippen molar-refractivity contribution in [3.63, 3.8) is 0 Å². The minimum Gasteiger partial charge on any atom is -0.530 e. The lowest BCUT2D eigenvalue weighted by Crippen LogP contribution is -2.44. The SMILES string of the molecule is FC1=C(F)C(OB(Oc2c(F)c(F)c(F)c3c(F)c(F)c(F)c(F)c23)c2c(F)c(F)c(F)c3c(F)cccc23)c2ccc(F)c(F)c21. The van der Waals surface area contributed by atoms with Crippen molar-refractivity contribution in [2.45, 2.75) is 6.10 Å². The topological polar surface area (TPSA) is 18.5 Å². The van der Waals surface area contributed by atoms with E-state index in [4.69, 9.17) is 9.31 Å². The Balaban J connectivity index is 1.68. The molecule has 1 atom stereocenters. The van der Waals surface area contributed by atoms with Crippen molar-refractivity contribution >= 4 is 40.0 Å². The van der Waals surface area contributed by atoms with E-state index in [1.807, 2.05) is 0 Å². The van der Waals surface area contributed by atoms with Gasteiger partial charge in [0.25, 0.3) is 0 Å². The van der Waals surface area contributed by atoms with Crippen LogP contribution in [-0.2, 0) is 4.65 Å². The highest BCUT2D eigenvalue weighted by molar-refractivity contribution is 6.65. The van der Waals surface area contributed by atoms with Crippen LogP contribution in [0.15, 0.2) is 36.2 Å². The fourth-order valence-electron chi connectivity index (χ4n) is 5.12. The molecule has 5 aromatic rings. The Labute approximate surface area is 250 Å². The van der Waals surface area contributed by atoms with Crippen LogP contribution in [0.5, 0.6) is 5.75 Å². The Hall–Kier alpha value is -4.87. The van der Waals surface area contributed by atoms with Gasteiger partial charge in [0.1, 0.15) is 11.9 Å². The van der Waals surface area contributed by atoms with Crippen molar-refractivity contribution in [2.75, 3.05) is 0 Å². The third kappa shape index (κ3) is 4.51. The lowest BCUT2D eigenvalue weighted by Gasteiger charge is -2.24. The maximum absolute atomic E-state index is 15.5. The van der Waals surface area contributed by atoms with Gasteiger partial charge in [-0.1, -0.05) is 18.2 Å². The molecular weight excluding hydrogens is 676 g/mol. The summed E-state index contributed by atoms with van der Waals surface area (Å²) in [6.45, 7) is 0. The first-order valence-corrected chi connectivity index (χ1v) is 12.5. The van der Waals surface area contributed by atoms with E-state index in [9.17, 15) is 52.7 Å². The first-order valence-electron chi connectivity index (χ1n) is 12.5. The summed E-state index contributed by atoms with van der Waals surface area (Å²) in [4.78, 5) is 0. The molecule has 0 aliphatic heterocycles. The second-order valence-electron chi connectivity index (χ2n) is 9.75. The number of hydrogen-bond acceptors (Lipinski definition) is 2. The fourth-order valence-corrected chi connectivity index (χ4v) is 5.12. The van der Waals surface area contributed by atoms with Crippen molar-refractivity contribution in [1.82, 2.24) is 0 Å². The average Bonchev–Trinajstić information content (AvgIpc) is 3.28. The van der Waals surface area contributed by atoms with Crippen molar-refractivity contribution in [3.05, 3.63) is 123 Å². The van der Waals surface area contributed by atoms with Crippen LogP contribution in [-0.4, -0.2) is 7.12 Å². The Bertz CT molecular complexity index is 2230. The highest BCUT2D eigenvalue weighted by Crippen LogP contribution is 2.47. The summed E-state index contributed by atoms with van der Waals surface area (Å²) in [5, 5.41) is -6.72. The zero-order chi connectivity index (χ0) is 34.4. The number of benzene rings is 5. The fraction of sp³-hybridized carbons (Fsp3) is 0.0345. The van der Waals surface area contributed by atoms with Crippen LogP contribution in [0.25, 0.3) is 27.4 Å². The molecule has 242 valence electrons. The van der Waals surface area contributed by atoms with Gasteiger partial charge in [-0.2, -0.15) is 4.39 Å². The largest absolute Gasteiger partial charge is 0.567 e. The first-order chi connectivity index (χ1) is 22.1.